The Hall–Kier alpha value is -2.49. The number of rotatable bonds is 4. The van der Waals surface area contributed by atoms with Crippen LogP contribution in [0.3, 0.4) is 0 Å². The number of fused-ring (bicyclic) bond motifs is 1. The molecule has 0 saturated carbocycles. The molecule has 0 radical (unpaired) electrons. The van der Waals surface area contributed by atoms with E-state index in [2.05, 4.69) is 0 Å². The molecule has 4 heteroatoms. The normalized spacial score (nSPS) is 13.7. The number of benzene rings is 2. The summed E-state index contributed by atoms with van der Waals surface area (Å²) in [5.74, 6) is 1.60. The van der Waals surface area contributed by atoms with Gasteiger partial charge in [0.1, 0.15) is 0 Å². The first-order chi connectivity index (χ1) is 10.6. The van der Waals surface area contributed by atoms with E-state index in [0.29, 0.717) is 5.56 Å². The van der Waals surface area contributed by atoms with Crippen LogP contribution in [0.5, 0.6) is 11.5 Å². The molecule has 2 aromatic carbocycles. The lowest BCUT2D eigenvalue weighted by Crippen LogP contribution is -2.36. The van der Waals surface area contributed by atoms with E-state index in [9.17, 15) is 4.79 Å². The third kappa shape index (κ3) is 2.91. The Morgan fingerprint density at radius 2 is 1.86 bits per heavy atom. The first-order valence-electron chi connectivity index (χ1n) is 7.36. The van der Waals surface area contributed by atoms with Crippen molar-refractivity contribution in [2.45, 2.75) is 19.4 Å². The Morgan fingerprint density at radius 1 is 1.14 bits per heavy atom. The molecule has 1 heterocycles. The predicted octanol–water partition coefficient (Wildman–Crippen LogP) is 3.12. The van der Waals surface area contributed by atoms with Crippen LogP contribution in [0.4, 0.5) is 0 Å². The van der Waals surface area contributed by atoms with Crippen molar-refractivity contribution >= 4 is 5.91 Å². The smallest absolute Gasteiger partial charge is 0.253 e. The zero-order chi connectivity index (χ0) is 15.5. The number of nitrogens with zero attached hydrogens (tertiary/aromatic N) is 1. The van der Waals surface area contributed by atoms with Crippen molar-refractivity contribution in [3.8, 4) is 11.5 Å². The second kappa shape index (κ2) is 6.10. The highest BCUT2D eigenvalue weighted by Crippen LogP contribution is 2.33. The van der Waals surface area contributed by atoms with Crippen LogP contribution in [0.15, 0.2) is 48.5 Å². The average molecular weight is 297 g/mol. The van der Waals surface area contributed by atoms with Crippen LogP contribution < -0.4 is 9.47 Å². The number of likely N-dealkylation sites (N-methyl/N-ethyl adjacent to an activating group) is 1. The lowest BCUT2D eigenvalue weighted by Gasteiger charge is -2.25. The second-order valence-electron chi connectivity index (χ2n) is 5.52. The molecular weight excluding hydrogens is 278 g/mol. The molecule has 0 spiro atoms. The van der Waals surface area contributed by atoms with Crippen LogP contribution in [-0.4, -0.2) is 30.7 Å². The van der Waals surface area contributed by atoms with Crippen molar-refractivity contribution in [1.29, 1.82) is 0 Å². The largest absolute Gasteiger partial charge is 0.454 e. The number of hydrogen-bond donors (Lipinski definition) is 0. The molecule has 0 bridgehead atoms. The van der Waals surface area contributed by atoms with E-state index in [0.717, 1.165) is 23.5 Å². The molecule has 22 heavy (non-hydrogen) atoms. The molecule has 2 aromatic rings. The SMILES string of the molecule is CC(Cc1ccc2c(c1)OCO2)N(C)C(=O)c1ccccc1. The van der Waals surface area contributed by atoms with Gasteiger partial charge in [0.2, 0.25) is 6.79 Å². The van der Waals surface area contributed by atoms with E-state index >= 15 is 0 Å². The summed E-state index contributed by atoms with van der Waals surface area (Å²) in [6.45, 7) is 2.33. The van der Waals surface area contributed by atoms with Crippen molar-refractivity contribution in [2.24, 2.45) is 0 Å². The van der Waals surface area contributed by atoms with Crippen LogP contribution >= 0.6 is 0 Å². The van der Waals surface area contributed by atoms with E-state index in [-0.39, 0.29) is 18.7 Å². The topological polar surface area (TPSA) is 38.8 Å². The maximum absolute atomic E-state index is 12.4. The fraction of sp³-hybridized carbons (Fsp3) is 0.278. The Bertz CT molecular complexity index is 669. The molecule has 114 valence electrons. The van der Waals surface area contributed by atoms with Gasteiger partial charge in [0.05, 0.1) is 0 Å². The van der Waals surface area contributed by atoms with Crippen molar-refractivity contribution in [1.82, 2.24) is 4.90 Å². The fourth-order valence-corrected chi connectivity index (χ4v) is 2.53. The number of carbonyl (C=O) groups excluding carboxylic acids is 1. The predicted molar refractivity (Wildman–Crippen MR) is 84.3 cm³/mol. The molecule has 0 aromatic heterocycles. The first-order valence-corrected chi connectivity index (χ1v) is 7.36. The monoisotopic (exact) mass is 297 g/mol. The number of amides is 1. The van der Waals surface area contributed by atoms with Crippen LogP contribution in [0.25, 0.3) is 0 Å². The lowest BCUT2D eigenvalue weighted by atomic mass is 10.0. The summed E-state index contributed by atoms with van der Waals surface area (Å²) in [6.07, 6.45) is 0.770. The van der Waals surface area contributed by atoms with Crippen LogP contribution in [0.2, 0.25) is 0 Å². The van der Waals surface area contributed by atoms with Gasteiger partial charge >= 0.3 is 0 Å². The minimum absolute atomic E-state index is 0.0360. The zero-order valence-electron chi connectivity index (χ0n) is 12.8. The molecule has 1 unspecified atom stereocenters. The summed E-state index contributed by atoms with van der Waals surface area (Å²) in [5, 5.41) is 0. The van der Waals surface area contributed by atoms with Gasteiger partial charge in [-0.2, -0.15) is 0 Å². The summed E-state index contributed by atoms with van der Waals surface area (Å²) >= 11 is 0. The molecule has 0 N–H and O–H groups in total. The molecule has 1 aliphatic rings. The molecule has 4 nitrogen and oxygen atoms in total. The number of ether oxygens (including phenoxy) is 2. The van der Waals surface area contributed by atoms with Crippen molar-refractivity contribution in [3.05, 3.63) is 59.7 Å². The van der Waals surface area contributed by atoms with Gasteiger partial charge < -0.3 is 14.4 Å². The van der Waals surface area contributed by atoms with Crippen LogP contribution in [0, 0.1) is 0 Å². The van der Waals surface area contributed by atoms with E-state index in [1.807, 2.05) is 62.5 Å². The Labute approximate surface area is 130 Å². The van der Waals surface area contributed by atoms with E-state index < -0.39 is 0 Å². The second-order valence-corrected chi connectivity index (χ2v) is 5.52. The quantitative estimate of drug-likeness (QED) is 0.870. The Balaban J connectivity index is 1.68. The van der Waals surface area contributed by atoms with E-state index in [1.54, 1.807) is 4.90 Å². The highest BCUT2D eigenvalue weighted by atomic mass is 16.7. The summed E-state index contributed by atoms with van der Waals surface area (Å²) in [5.41, 5.74) is 1.84. The third-order valence-corrected chi connectivity index (χ3v) is 3.97. The molecule has 1 amide bonds. The van der Waals surface area contributed by atoms with Crippen molar-refractivity contribution in [3.63, 3.8) is 0 Å². The standard InChI is InChI=1S/C18H19NO3/c1-13(19(2)18(20)15-6-4-3-5-7-15)10-14-8-9-16-17(11-14)22-12-21-16/h3-9,11,13H,10,12H2,1-2H3. The van der Waals surface area contributed by atoms with Gasteiger partial charge in [-0.3, -0.25) is 4.79 Å². The van der Waals surface area contributed by atoms with Gasteiger partial charge in [0.25, 0.3) is 5.91 Å². The average Bonchev–Trinajstić information content (AvgIpc) is 3.02. The lowest BCUT2D eigenvalue weighted by molar-refractivity contribution is 0.0743. The maximum atomic E-state index is 12.4. The van der Waals surface area contributed by atoms with Crippen LogP contribution in [0.1, 0.15) is 22.8 Å². The van der Waals surface area contributed by atoms with Gasteiger partial charge in [-0.1, -0.05) is 24.3 Å². The zero-order valence-corrected chi connectivity index (χ0v) is 12.8. The van der Waals surface area contributed by atoms with Gasteiger partial charge in [-0.25, -0.2) is 0 Å². The number of carbonyl (C=O) groups is 1. The summed E-state index contributed by atoms with van der Waals surface area (Å²) in [4.78, 5) is 14.2. The minimum Gasteiger partial charge on any atom is -0.454 e. The first kappa shape index (κ1) is 14.4. The maximum Gasteiger partial charge on any atom is 0.253 e. The molecule has 0 saturated heterocycles. The molecular formula is C18H19NO3. The van der Waals surface area contributed by atoms with Gasteiger partial charge in [-0.15, -0.1) is 0 Å². The summed E-state index contributed by atoms with van der Waals surface area (Å²) < 4.78 is 10.7. The minimum atomic E-state index is 0.0360. The van der Waals surface area contributed by atoms with E-state index in [4.69, 9.17) is 9.47 Å². The third-order valence-electron chi connectivity index (χ3n) is 3.97. The Morgan fingerprint density at radius 3 is 2.64 bits per heavy atom. The van der Waals surface area contributed by atoms with Crippen molar-refractivity contribution < 1.29 is 14.3 Å². The molecule has 0 fully saturated rings. The molecule has 0 aliphatic carbocycles. The summed E-state index contributed by atoms with van der Waals surface area (Å²) in [6, 6.07) is 15.4. The van der Waals surface area contributed by atoms with E-state index in [1.165, 1.54) is 0 Å². The van der Waals surface area contributed by atoms with Crippen LogP contribution in [-0.2, 0) is 6.42 Å². The van der Waals surface area contributed by atoms with Gasteiger partial charge in [-0.05, 0) is 43.2 Å². The van der Waals surface area contributed by atoms with Crippen molar-refractivity contribution in [2.75, 3.05) is 13.8 Å². The van der Waals surface area contributed by atoms with Gasteiger partial charge in [0, 0.05) is 18.7 Å². The molecule has 3 rings (SSSR count). The highest BCUT2D eigenvalue weighted by Gasteiger charge is 2.19. The van der Waals surface area contributed by atoms with Gasteiger partial charge in [0.15, 0.2) is 11.5 Å². The Kier molecular flexibility index (Phi) is 4.00. The molecule has 1 atom stereocenters. The number of hydrogen-bond acceptors (Lipinski definition) is 3. The highest BCUT2D eigenvalue weighted by molar-refractivity contribution is 5.94. The fourth-order valence-electron chi connectivity index (χ4n) is 2.53. The summed E-state index contributed by atoms with van der Waals surface area (Å²) in [7, 11) is 1.84. The molecule has 1 aliphatic heterocycles.